The van der Waals surface area contributed by atoms with Crippen LogP contribution in [0.2, 0.25) is 19.6 Å². The lowest BCUT2D eigenvalue weighted by molar-refractivity contribution is -0.166. The molecule has 0 bridgehead atoms. The third-order valence-electron chi connectivity index (χ3n) is 1.99. The van der Waals surface area contributed by atoms with Crippen LogP contribution in [0.1, 0.15) is 6.42 Å². The zero-order chi connectivity index (χ0) is 12.3. The van der Waals surface area contributed by atoms with Gasteiger partial charge in [-0.1, -0.05) is 24.8 Å². The standard InChI is InChI=1S/C7H13F4N3Si/c1-15(2,3)7(10,11)6(8,9)4-5-13-14-12/h4-5H2,1-3H3. The van der Waals surface area contributed by atoms with Gasteiger partial charge in [0.1, 0.15) is 8.07 Å². The smallest absolute Gasteiger partial charge is 0.205 e. The van der Waals surface area contributed by atoms with Crippen molar-refractivity contribution < 1.29 is 17.6 Å². The van der Waals surface area contributed by atoms with E-state index < -0.39 is 32.5 Å². The summed E-state index contributed by atoms with van der Waals surface area (Å²) in [5.74, 6) is -4.11. The molecule has 0 N–H and O–H groups in total. The molecule has 0 aromatic heterocycles. The molecule has 8 heteroatoms. The first-order valence-corrected chi connectivity index (χ1v) is 7.83. The second-order valence-corrected chi connectivity index (χ2v) is 9.36. The maximum Gasteiger partial charge on any atom is 0.306 e. The average Bonchev–Trinajstić information content (AvgIpc) is 2.02. The molecule has 15 heavy (non-hydrogen) atoms. The van der Waals surface area contributed by atoms with E-state index in [0.29, 0.717) is 0 Å². The van der Waals surface area contributed by atoms with Gasteiger partial charge >= 0.3 is 5.92 Å². The summed E-state index contributed by atoms with van der Waals surface area (Å²) in [6.07, 6.45) is -1.12. The van der Waals surface area contributed by atoms with Crippen molar-refractivity contribution in [3.8, 4) is 0 Å². The lowest BCUT2D eigenvalue weighted by atomic mass is 10.2. The molecule has 0 unspecified atom stereocenters. The zero-order valence-corrected chi connectivity index (χ0v) is 9.77. The van der Waals surface area contributed by atoms with Crippen LogP contribution >= 0.6 is 0 Å². The molecule has 0 amide bonds. The summed E-state index contributed by atoms with van der Waals surface area (Å²) in [6.45, 7) is 2.90. The molecule has 3 nitrogen and oxygen atoms in total. The highest BCUT2D eigenvalue weighted by Gasteiger charge is 2.62. The number of azide groups is 1. The fraction of sp³-hybridized carbons (Fsp3) is 1.00. The van der Waals surface area contributed by atoms with Gasteiger partial charge in [-0.25, -0.2) is 17.6 Å². The Morgan fingerprint density at radius 2 is 1.67 bits per heavy atom. The third-order valence-corrected chi connectivity index (χ3v) is 4.24. The second-order valence-electron chi connectivity index (χ2n) is 4.23. The van der Waals surface area contributed by atoms with Gasteiger partial charge in [0.15, 0.2) is 0 Å². The molecule has 0 aliphatic heterocycles. The summed E-state index contributed by atoms with van der Waals surface area (Å²) in [4.78, 5) is 2.24. The second kappa shape index (κ2) is 4.40. The van der Waals surface area contributed by atoms with Gasteiger partial charge in [0, 0.05) is 17.9 Å². The summed E-state index contributed by atoms with van der Waals surface area (Å²) < 4.78 is 52.9. The number of nitrogens with zero attached hydrogens (tertiary/aromatic N) is 3. The molecule has 0 saturated carbocycles. The van der Waals surface area contributed by atoms with Gasteiger partial charge in [-0.15, -0.1) is 0 Å². The molecule has 0 spiro atoms. The average molecular weight is 243 g/mol. The molecule has 0 atom stereocenters. The van der Waals surface area contributed by atoms with E-state index in [1.807, 2.05) is 0 Å². The normalized spacial score (nSPS) is 13.5. The van der Waals surface area contributed by atoms with Gasteiger partial charge in [0.2, 0.25) is 0 Å². The van der Waals surface area contributed by atoms with E-state index in [-0.39, 0.29) is 0 Å². The van der Waals surface area contributed by atoms with Gasteiger partial charge in [0.05, 0.1) is 0 Å². The van der Waals surface area contributed by atoms with Crippen LogP contribution in [0, 0.1) is 0 Å². The Bertz CT molecular complexity index is 268. The number of rotatable bonds is 5. The van der Waals surface area contributed by atoms with Gasteiger partial charge in [-0.05, 0) is 5.53 Å². The predicted octanol–water partition coefficient (Wildman–Crippen LogP) is 3.83. The topological polar surface area (TPSA) is 48.8 Å². The Morgan fingerprint density at radius 1 is 1.20 bits per heavy atom. The van der Waals surface area contributed by atoms with Crippen molar-refractivity contribution in [2.45, 2.75) is 37.5 Å². The van der Waals surface area contributed by atoms with Crippen molar-refractivity contribution in [2.75, 3.05) is 6.54 Å². The van der Waals surface area contributed by atoms with Crippen LogP contribution in [-0.2, 0) is 0 Å². The Hall–Kier alpha value is -0.753. The first-order valence-electron chi connectivity index (χ1n) is 4.33. The van der Waals surface area contributed by atoms with Gasteiger partial charge in [-0.2, -0.15) is 0 Å². The van der Waals surface area contributed by atoms with Crippen molar-refractivity contribution in [1.82, 2.24) is 0 Å². The number of halogens is 4. The Balaban J connectivity index is 4.77. The zero-order valence-electron chi connectivity index (χ0n) is 8.77. The largest absolute Gasteiger partial charge is 0.306 e. The monoisotopic (exact) mass is 243 g/mol. The first-order chi connectivity index (χ1) is 6.56. The molecule has 0 aliphatic carbocycles. The lowest BCUT2D eigenvalue weighted by Crippen LogP contribution is -2.57. The molecular formula is C7H13F4N3Si. The highest BCUT2D eigenvalue weighted by atomic mass is 28.3. The van der Waals surface area contributed by atoms with Crippen LogP contribution in [0.5, 0.6) is 0 Å². The molecule has 0 radical (unpaired) electrons. The maximum atomic E-state index is 13.3. The molecule has 0 heterocycles. The minimum absolute atomic E-state index is 0.621. The number of hydrogen-bond donors (Lipinski definition) is 0. The summed E-state index contributed by atoms with van der Waals surface area (Å²) in [5, 5.41) is 2.84. The molecule has 0 rings (SSSR count). The summed E-state index contributed by atoms with van der Waals surface area (Å²) in [7, 11) is -3.30. The number of alkyl halides is 4. The van der Waals surface area contributed by atoms with E-state index in [1.54, 1.807) is 0 Å². The summed E-state index contributed by atoms with van der Waals surface area (Å²) in [5.41, 5.74) is 3.87. The third kappa shape index (κ3) is 3.10. The highest BCUT2D eigenvalue weighted by Crippen LogP contribution is 2.43. The van der Waals surface area contributed by atoms with E-state index in [4.69, 9.17) is 5.53 Å². The van der Waals surface area contributed by atoms with Crippen LogP contribution in [0.3, 0.4) is 0 Å². The Kier molecular flexibility index (Phi) is 4.18. The Labute approximate surface area is 86.1 Å². The number of hydrogen-bond acceptors (Lipinski definition) is 1. The van der Waals surface area contributed by atoms with Crippen LogP contribution < -0.4 is 0 Å². The minimum atomic E-state index is -4.11. The predicted molar refractivity (Wildman–Crippen MR) is 51.9 cm³/mol. The van der Waals surface area contributed by atoms with Gasteiger partial charge in [0.25, 0.3) is 5.55 Å². The van der Waals surface area contributed by atoms with Crippen LogP contribution in [-0.4, -0.2) is 26.1 Å². The van der Waals surface area contributed by atoms with Gasteiger partial charge < -0.3 is 0 Å². The molecule has 0 fully saturated rings. The van der Waals surface area contributed by atoms with Crippen molar-refractivity contribution in [3.63, 3.8) is 0 Å². The van der Waals surface area contributed by atoms with Gasteiger partial charge in [-0.3, -0.25) is 0 Å². The highest BCUT2D eigenvalue weighted by molar-refractivity contribution is 6.78. The maximum absolute atomic E-state index is 13.3. The van der Waals surface area contributed by atoms with Crippen molar-refractivity contribution in [1.29, 1.82) is 0 Å². The minimum Gasteiger partial charge on any atom is -0.205 e. The van der Waals surface area contributed by atoms with E-state index >= 15 is 0 Å². The summed E-state index contributed by atoms with van der Waals surface area (Å²) in [6, 6.07) is 0. The van der Waals surface area contributed by atoms with Crippen LogP contribution in [0.15, 0.2) is 5.11 Å². The summed E-state index contributed by atoms with van der Waals surface area (Å²) >= 11 is 0. The molecular weight excluding hydrogens is 230 g/mol. The molecule has 0 aromatic rings. The SMILES string of the molecule is C[Si](C)(C)C(F)(F)C(F)(F)CCN=[N+]=[N-]. The molecule has 0 aliphatic rings. The van der Waals surface area contributed by atoms with Crippen molar-refractivity contribution >= 4 is 8.07 Å². The van der Waals surface area contributed by atoms with Crippen molar-refractivity contribution in [2.24, 2.45) is 5.11 Å². The van der Waals surface area contributed by atoms with E-state index in [0.717, 1.165) is 0 Å². The fourth-order valence-corrected chi connectivity index (χ4v) is 2.16. The van der Waals surface area contributed by atoms with E-state index in [1.165, 1.54) is 19.6 Å². The quantitative estimate of drug-likeness (QED) is 0.232. The lowest BCUT2D eigenvalue weighted by Gasteiger charge is -2.35. The fourth-order valence-electron chi connectivity index (χ4n) is 0.941. The van der Waals surface area contributed by atoms with Crippen LogP contribution in [0.25, 0.3) is 10.4 Å². The van der Waals surface area contributed by atoms with E-state index in [2.05, 4.69) is 10.0 Å². The van der Waals surface area contributed by atoms with Crippen molar-refractivity contribution in [3.05, 3.63) is 10.4 Å². The first kappa shape index (κ1) is 14.2. The van der Waals surface area contributed by atoms with E-state index in [9.17, 15) is 17.6 Å². The molecule has 88 valence electrons. The molecule has 0 saturated heterocycles. The molecule has 0 aromatic carbocycles. The Morgan fingerprint density at radius 3 is 2.00 bits per heavy atom. The van der Waals surface area contributed by atoms with Crippen LogP contribution in [0.4, 0.5) is 17.6 Å².